The Hall–Kier alpha value is -2.74. The Bertz CT molecular complexity index is 928. The van der Waals surface area contributed by atoms with Crippen molar-refractivity contribution in [1.29, 1.82) is 0 Å². The minimum Gasteiger partial charge on any atom is -0.238 e. The van der Waals surface area contributed by atoms with Gasteiger partial charge in [0.1, 0.15) is 30.6 Å². The van der Waals surface area contributed by atoms with Crippen LogP contribution in [0.4, 0.5) is 13.2 Å². The van der Waals surface area contributed by atoms with Crippen LogP contribution in [-0.2, 0) is 0 Å². The molecule has 0 saturated heterocycles. The standard InChI is InChI=1S/C16H11ClF3N5/c1-9(15-14(20)16(17)23-7-22-15)12(5-25-8-21-6-24-25)11-3-2-10(18)4-13(11)19/h2-9H,1H3/b12-5+. The number of hydrogen-bond acceptors (Lipinski definition) is 4. The second-order valence-corrected chi connectivity index (χ2v) is 5.53. The molecule has 128 valence electrons. The van der Waals surface area contributed by atoms with Gasteiger partial charge in [0.15, 0.2) is 11.0 Å². The van der Waals surface area contributed by atoms with Crippen molar-refractivity contribution in [2.45, 2.75) is 12.8 Å². The summed E-state index contributed by atoms with van der Waals surface area (Å²) in [4.78, 5) is 11.3. The fourth-order valence-electron chi connectivity index (χ4n) is 2.37. The average Bonchev–Trinajstić information content (AvgIpc) is 3.08. The van der Waals surface area contributed by atoms with Crippen LogP contribution >= 0.6 is 11.6 Å². The molecule has 3 aromatic rings. The molecular weight excluding hydrogens is 355 g/mol. The van der Waals surface area contributed by atoms with Gasteiger partial charge in [0.05, 0.1) is 5.69 Å². The molecule has 25 heavy (non-hydrogen) atoms. The summed E-state index contributed by atoms with van der Waals surface area (Å²) in [5.74, 6) is -3.03. The first-order chi connectivity index (χ1) is 12.0. The van der Waals surface area contributed by atoms with Gasteiger partial charge < -0.3 is 0 Å². The molecule has 0 aliphatic rings. The Morgan fingerprint density at radius 2 is 2.00 bits per heavy atom. The molecule has 0 bridgehead atoms. The maximum Gasteiger partial charge on any atom is 0.182 e. The molecule has 3 rings (SSSR count). The normalized spacial score (nSPS) is 13.1. The van der Waals surface area contributed by atoms with E-state index in [4.69, 9.17) is 11.6 Å². The van der Waals surface area contributed by atoms with Crippen molar-refractivity contribution in [2.75, 3.05) is 0 Å². The van der Waals surface area contributed by atoms with Gasteiger partial charge in [-0.05, 0) is 17.7 Å². The zero-order valence-electron chi connectivity index (χ0n) is 12.9. The number of rotatable bonds is 4. The van der Waals surface area contributed by atoms with E-state index in [1.807, 2.05) is 0 Å². The SMILES string of the molecule is CC(/C(=C\n1cncn1)c1ccc(F)cc1F)c1ncnc(Cl)c1F. The molecule has 0 spiro atoms. The lowest BCUT2D eigenvalue weighted by atomic mass is 9.91. The van der Waals surface area contributed by atoms with Crippen LogP contribution in [0.5, 0.6) is 0 Å². The summed E-state index contributed by atoms with van der Waals surface area (Å²) in [6.07, 6.45) is 5.26. The summed E-state index contributed by atoms with van der Waals surface area (Å²) < 4.78 is 43.2. The molecule has 9 heteroatoms. The van der Waals surface area contributed by atoms with Crippen LogP contribution in [0.2, 0.25) is 5.15 Å². The zero-order chi connectivity index (χ0) is 18.0. The fraction of sp³-hybridized carbons (Fsp3) is 0.125. The molecule has 0 aliphatic carbocycles. The van der Waals surface area contributed by atoms with Gasteiger partial charge >= 0.3 is 0 Å². The van der Waals surface area contributed by atoms with Crippen molar-refractivity contribution in [3.63, 3.8) is 0 Å². The highest BCUT2D eigenvalue weighted by Crippen LogP contribution is 2.35. The Labute approximate surface area is 145 Å². The summed E-state index contributed by atoms with van der Waals surface area (Å²) in [5.41, 5.74) is 0.380. The predicted molar refractivity (Wildman–Crippen MR) is 86.0 cm³/mol. The first-order valence-corrected chi connectivity index (χ1v) is 7.52. The topological polar surface area (TPSA) is 56.5 Å². The Balaban J connectivity index is 2.16. The summed E-state index contributed by atoms with van der Waals surface area (Å²) in [6.45, 7) is 1.62. The smallest absolute Gasteiger partial charge is 0.182 e. The van der Waals surface area contributed by atoms with Crippen molar-refractivity contribution < 1.29 is 13.2 Å². The van der Waals surface area contributed by atoms with Gasteiger partial charge in [0.2, 0.25) is 0 Å². The van der Waals surface area contributed by atoms with E-state index in [9.17, 15) is 13.2 Å². The van der Waals surface area contributed by atoms with Crippen LogP contribution in [-0.4, -0.2) is 24.7 Å². The van der Waals surface area contributed by atoms with Gasteiger partial charge in [-0.25, -0.2) is 32.8 Å². The number of halogens is 4. The Morgan fingerprint density at radius 1 is 1.20 bits per heavy atom. The largest absolute Gasteiger partial charge is 0.238 e. The highest BCUT2D eigenvalue weighted by molar-refractivity contribution is 6.29. The first-order valence-electron chi connectivity index (χ1n) is 7.14. The number of nitrogens with zero attached hydrogens (tertiary/aromatic N) is 5. The molecule has 0 amide bonds. The molecule has 0 saturated carbocycles. The van der Waals surface area contributed by atoms with Gasteiger partial charge in [-0.3, -0.25) is 0 Å². The molecule has 1 unspecified atom stereocenters. The van der Waals surface area contributed by atoms with E-state index in [1.54, 1.807) is 6.92 Å². The Kier molecular flexibility index (Phi) is 4.80. The highest BCUT2D eigenvalue weighted by atomic mass is 35.5. The molecular formula is C16H11ClF3N5. The second kappa shape index (κ2) is 7.02. The maximum absolute atomic E-state index is 14.3. The van der Waals surface area contributed by atoms with Gasteiger partial charge in [0.25, 0.3) is 0 Å². The number of allylic oxidation sites excluding steroid dienone is 1. The maximum atomic E-state index is 14.3. The third kappa shape index (κ3) is 3.53. The molecule has 0 aliphatic heterocycles. The monoisotopic (exact) mass is 365 g/mol. The lowest BCUT2D eigenvalue weighted by Gasteiger charge is -2.17. The molecule has 1 atom stereocenters. The van der Waals surface area contributed by atoms with E-state index in [-0.39, 0.29) is 16.4 Å². The van der Waals surface area contributed by atoms with Crippen molar-refractivity contribution in [1.82, 2.24) is 24.7 Å². The zero-order valence-corrected chi connectivity index (χ0v) is 13.6. The number of aromatic nitrogens is 5. The van der Waals surface area contributed by atoms with Crippen LogP contribution in [0.25, 0.3) is 11.8 Å². The highest BCUT2D eigenvalue weighted by Gasteiger charge is 2.23. The van der Waals surface area contributed by atoms with Gasteiger partial charge in [-0.2, -0.15) is 5.10 Å². The van der Waals surface area contributed by atoms with Crippen molar-refractivity contribution in [2.24, 2.45) is 0 Å². The third-order valence-electron chi connectivity index (χ3n) is 3.60. The average molecular weight is 366 g/mol. The predicted octanol–water partition coefficient (Wildman–Crippen LogP) is 3.94. The van der Waals surface area contributed by atoms with Crippen LogP contribution in [0.15, 0.2) is 37.2 Å². The third-order valence-corrected chi connectivity index (χ3v) is 3.86. The number of hydrogen-bond donors (Lipinski definition) is 0. The summed E-state index contributed by atoms with van der Waals surface area (Å²) in [5, 5.41) is 3.59. The van der Waals surface area contributed by atoms with Crippen LogP contribution in [0.1, 0.15) is 24.1 Å². The minimum absolute atomic E-state index is 0.0184. The molecule has 0 radical (unpaired) electrons. The fourth-order valence-corrected chi connectivity index (χ4v) is 2.52. The molecule has 0 N–H and O–H groups in total. The quantitative estimate of drug-likeness (QED) is 0.657. The molecule has 2 aromatic heterocycles. The molecule has 5 nitrogen and oxygen atoms in total. The number of benzene rings is 1. The van der Waals surface area contributed by atoms with Crippen molar-refractivity contribution in [3.8, 4) is 0 Å². The summed E-state index contributed by atoms with van der Waals surface area (Å²) in [6, 6.07) is 3.13. The van der Waals surface area contributed by atoms with Gasteiger partial charge in [-0.15, -0.1) is 0 Å². The van der Waals surface area contributed by atoms with Crippen LogP contribution in [0.3, 0.4) is 0 Å². The van der Waals surface area contributed by atoms with Gasteiger partial charge in [-0.1, -0.05) is 18.5 Å². The summed E-state index contributed by atoms with van der Waals surface area (Å²) >= 11 is 5.71. The minimum atomic E-state index is -0.802. The lowest BCUT2D eigenvalue weighted by molar-refractivity contribution is 0.575. The Morgan fingerprint density at radius 3 is 2.68 bits per heavy atom. The van der Waals surface area contributed by atoms with E-state index < -0.39 is 23.4 Å². The first kappa shape index (κ1) is 17.1. The summed E-state index contributed by atoms with van der Waals surface area (Å²) in [7, 11) is 0. The second-order valence-electron chi connectivity index (χ2n) is 5.17. The van der Waals surface area contributed by atoms with Crippen molar-refractivity contribution in [3.05, 3.63) is 71.0 Å². The molecule has 2 heterocycles. The molecule has 1 aromatic carbocycles. The van der Waals surface area contributed by atoms with E-state index in [0.717, 1.165) is 18.5 Å². The van der Waals surface area contributed by atoms with E-state index in [2.05, 4.69) is 20.1 Å². The van der Waals surface area contributed by atoms with Crippen LogP contribution < -0.4 is 0 Å². The van der Waals surface area contributed by atoms with E-state index in [1.165, 1.54) is 29.6 Å². The van der Waals surface area contributed by atoms with Gasteiger partial charge in [0, 0.05) is 23.7 Å². The van der Waals surface area contributed by atoms with Crippen molar-refractivity contribution >= 4 is 23.4 Å². The van der Waals surface area contributed by atoms with E-state index in [0.29, 0.717) is 5.57 Å². The van der Waals surface area contributed by atoms with E-state index >= 15 is 0 Å². The van der Waals surface area contributed by atoms with Crippen LogP contribution in [0, 0.1) is 17.5 Å². The lowest BCUT2D eigenvalue weighted by Crippen LogP contribution is -2.07. The molecule has 0 fully saturated rings.